The molecule has 0 amide bonds. The van der Waals surface area contributed by atoms with Crippen LogP contribution in [0.4, 0.5) is 51.2 Å². The first-order valence-corrected chi connectivity index (χ1v) is 26.9. The third-order valence-corrected chi connectivity index (χ3v) is 17.1. The third kappa shape index (κ3) is 8.25. The monoisotopic (exact) mass is 990 g/mol. The van der Waals surface area contributed by atoms with E-state index >= 15 is 0 Å². The number of benzene rings is 7. The van der Waals surface area contributed by atoms with E-state index in [1.54, 1.807) is 4.90 Å². The molecule has 7 aromatic carbocycles. The maximum absolute atomic E-state index is 12.1. The van der Waals surface area contributed by atoms with Crippen LogP contribution in [0.25, 0.3) is 0 Å². The minimum absolute atomic E-state index is 0.0406. The van der Waals surface area contributed by atoms with Gasteiger partial charge >= 0.3 is 0 Å². The average molecular weight is 990 g/mol. The van der Waals surface area contributed by atoms with Crippen molar-refractivity contribution in [3.8, 4) is 17.2 Å². The molecule has 0 saturated heterocycles. The highest BCUT2D eigenvalue weighted by Gasteiger charge is 2.48. The van der Waals surface area contributed by atoms with Crippen molar-refractivity contribution in [1.82, 2.24) is 0 Å². The van der Waals surface area contributed by atoms with Gasteiger partial charge in [-0.15, -0.1) is 0 Å². The van der Waals surface area contributed by atoms with E-state index in [2.05, 4.69) is 212 Å². The zero-order valence-corrected chi connectivity index (χ0v) is 47.6. The third-order valence-electron chi connectivity index (χ3n) is 17.1. The molecule has 0 spiro atoms. The van der Waals surface area contributed by atoms with Gasteiger partial charge < -0.3 is 30.0 Å². The molecule has 0 fully saturated rings. The Morgan fingerprint density at radius 2 is 0.933 bits per heavy atom. The molecule has 0 aromatic heterocycles. The van der Waals surface area contributed by atoms with Crippen LogP contribution < -0.4 is 42.0 Å². The largest absolute Gasteiger partial charge is 0.506 e. The van der Waals surface area contributed by atoms with Gasteiger partial charge in [-0.25, -0.2) is 0 Å². The van der Waals surface area contributed by atoms with Gasteiger partial charge in [0.15, 0.2) is 11.5 Å². The van der Waals surface area contributed by atoms with E-state index in [1.165, 1.54) is 61.4 Å². The molecule has 3 aliphatic rings. The molecule has 6 nitrogen and oxygen atoms in total. The second kappa shape index (κ2) is 17.3. The molecule has 0 atom stereocenters. The van der Waals surface area contributed by atoms with Crippen LogP contribution in [0.1, 0.15) is 153 Å². The smallest absolute Gasteiger partial charge is 0.252 e. The normalized spacial score (nSPS) is 15.6. The van der Waals surface area contributed by atoms with Gasteiger partial charge in [-0.1, -0.05) is 156 Å². The molecule has 2 aliphatic heterocycles. The molecule has 9 heteroatoms. The number of nitrogens with zero attached hydrogens (tertiary/aromatic N) is 3. The summed E-state index contributed by atoms with van der Waals surface area (Å²) in [5.74, 6) is -1.61. The van der Waals surface area contributed by atoms with Gasteiger partial charge in [-0.3, -0.25) is 0 Å². The maximum atomic E-state index is 12.1. The van der Waals surface area contributed by atoms with Crippen LogP contribution in [0, 0.1) is 27.7 Å². The molecule has 3 N–H and O–H groups in total. The summed E-state index contributed by atoms with van der Waals surface area (Å²) in [4.78, 5) is 6.89. The molecule has 2 heterocycles. The fraction of sp³-hybridized carbons (Fsp3) is 0.364. The molecule has 7 aromatic rings. The number of aromatic hydroxyl groups is 3. The number of anilines is 9. The zero-order chi connectivity index (χ0) is 54.5. The molecule has 380 valence electrons. The summed E-state index contributed by atoms with van der Waals surface area (Å²) in [5, 5.41) is 35.4. The fourth-order valence-electron chi connectivity index (χ4n) is 12.5. The number of hydrogen-bond donors (Lipinski definition) is 3. The van der Waals surface area contributed by atoms with Crippen molar-refractivity contribution < 1.29 is 15.3 Å². The molecule has 4 radical (unpaired) electrons. The highest BCUT2D eigenvalue weighted by Crippen LogP contribution is 2.54. The maximum Gasteiger partial charge on any atom is 0.252 e. The van der Waals surface area contributed by atoms with Crippen molar-refractivity contribution >= 4 is 101 Å². The summed E-state index contributed by atoms with van der Waals surface area (Å²) in [7, 11) is 12.7. The number of phenols is 3. The van der Waals surface area contributed by atoms with Gasteiger partial charge in [0.1, 0.15) is 27.1 Å². The Kier molecular flexibility index (Phi) is 12.0. The summed E-state index contributed by atoms with van der Waals surface area (Å²) in [6.45, 7) is 38.7. The Morgan fingerprint density at radius 1 is 0.480 bits per heavy atom. The molecule has 0 unspecified atom stereocenters. The predicted octanol–water partition coefficient (Wildman–Crippen LogP) is 13.4. The number of aryl methyl sites for hydroxylation is 4. The van der Waals surface area contributed by atoms with E-state index in [0.717, 1.165) is 52.1 Å². The van der Waals surface area contributed by atoms with E-state index in [0.29, 0.717) is 11.4 Å². The molecule has 75 heavy (non-hydrogen) atoms. The predicted molar refractivity (Wildman–Crippen MR) is 321 cm³/mol. The SMILES string of the molecule is [B]c1c([B])c(O)c(N(c2ccc(C(C)(C)C)cc2)c2ccc3c(c2)N(c2c(C)cc(C(C)(C)C)cc2C)c2cc(C(C)(C)C)cc4c2B3c2cc3c(cc2N4c2c(C)cccc2C)C(C)(C)CCC3(C)C)c(O)c1O. The first-order valence-electron chi connectivity index (χ1n) is 26.9. The highest BCUT2D eigenvalue weighted by molar-refractivity contribution is 7.00. The summed E-state index contributed by atoms with van der Waals surface area (Å²) in [5.41, 5.74) is 21.6. The lowest BCUT2D eigenvalue weighted by Crippen LogP contribution is -2.62. The van der Waals surface area contributed by atoms with E-state index in [-0.39, 0.29) is 50.4 Å². The standard InChI is InChI=1S/C66H74B3N3O3/c1-36-19-18-20-37(2)56(36)72-50-35-46-45(65(14,15)27-28-66(46,16)17)34-48(50)69-47-26-25-44(70(43-23-21-40(22-24-43)62(5,6)7)58-59(73)53(67)54(68)60(74)61(58)75)33-49(47)71(51-31-42(64(11,12)13)32-52(72)55(51)69)57-38(3)29-41(30-39(57)4)63(8,9)10/h18-26,29-35,73-75H,27-28H2,1-17H3. The topological polar surface area (TPSA) is 70.4 Å². The zero-order valence-electron chi connectivity index (χ0n) is 47.6. The van der Waals surface area contributed by atoms with Crippen molar-refractivity contribution in [3.63, 3.8) is 0 Å². The van der Waals surface area contributed by atoms with Crippen LogP contribution in [0.15, 0.2) is 97.1 Å². The quantitative estimate of drug-likeness (QED) is 0.0907. The van der Waals surface area contributed by atoms with E-state index in [4.69, 9.17) is 15.7 Å². The van der Waals surface area contributed by atoms with Crippen LogP contribution in [0.2, 0.25) is 0 Å². The van der Waals surface area contributed by atoms with Crippen molar-refractivity contribution in [2.24, 2.45) is 0 Å². The lowest BCUT2D eigenvalue weighted by Gasteiger charge is -2.48. The Hall–Kier alpha value is -6.47. The van der Waals surface area contributed by atoms with Crippen LogP contribution in [0.5, 0.6) is 17.2 Å². The van der Waals surface area contributed by atoms with Gasteiger partial charge in [0.05, 0.1) is 11.4 Å². The van der Waals surface area contributed by atoms with Crippen LogP contribution in [0.3, 0.4) is 0 Å². The molecule has 1 aliphatic carbocycles. The summed E-state index contributed by atoms with van der Waals surface area (Å²) >= 11 is 0. The second-order valence-corrected chi connectivity index (χ2v) is 26.6. The van der Waals surface area contributed by atoms with Crippen LogP contribution in [-0.4, -0.2) is 37.7 Å². The van der Waals surface area contributed by atoms with Crippen molar-refractivity contribution in [2.45, 2.75) is 158 Å². The minimum atomic E-state index is -0.598. The Morgan fingerprint density at radius 3 is 1.45 bits per heavy atom. The number of fused-ring (bicyclic) bond motifs is 5. The Labute approximate surface area is 450 Å². The summed E-state index contributed by atoms with van der Waals surface area (Å²) in [6, 6.07) is 36.1. The van der Waals surface area contributed by atoms with Gasteiger partial charge in [0.25, 0.3) is 6.71 Å². The van der Waals surface area contributed by atoms with Crippen molar-refractivity contribution in [2.75, 3.05) is 14.7 Å². The van der Waals surface area contributed by atoms with Crippen molar-refractivity contribution in [1.29, 1.82) is 0 Å². The van der Waals surface area contributed by atoms with E-state index in [9.17, 15) is 15.3 Å². The number of hydrogen-bond acceptors (Lipinski definition) is 6. The first-order chi connectivity index (χ1) is 34.8. The second-order valence-electron chi connectivity index (χ2n) is 26.6. The van der Waals surface area contributed by atoms with Gasteiger partial charge in [0.2, 0.25) is 0 Å². The van der Waals surface area contributed by atoms with E-state index < -0.39 is 17.2 Å². The Bertz CT molecular complexity index is 3440. The van der Waals surface area contributed by atoms with Gasteiger partial charge in [-0.05, 0) is 177 Å². The number of para-hydroxylation sites is 1. The lowest BCUT2D eigenvalue weighted by atomic mass is 9.33. The molecule has 0 saturated carbocycles. The highest BCUT2D eigenvalue weighted by atomic mass is 16.3. The van der Waals surface area contributed by atoms with E-state index in [1.807, 2.05) is 12.1 Å². The number of rotatable bonds is 5. The minimum Gasteiger partial charge on any atom is -0.506 e. The number of phenolic OH excluding ortho intramolecular Hbond substituents is 3. The van der Waals surface area contributed by atoms with Crippen LogP contribution >= 0.6 is 0 Å². The van der Waals surface area contributed by atoms with Gasteiger partial charge in [0, 0.05) is 34.1 Å². The lowest BCUT2D eigenvalue weighted by molar-refractivity contribution is 0.332. The van der Waals surface area contributed by atoms with Crippen LogP contribution in [-0.2, 0) is 27.1 Å². The van der Waals surface area contributed by atoms with Gasteiger partial charge in [-0.2, -0.15) is 0 Å². The summed E-state index contributed by atoms with van der Waals surface area (Å²) in [6.07, 6.45) is 2.18. The fourth-order valence-corrected chi connectivity index (χ4v) is 12.5. The Balaban J connectivity index is 1.38. The summed E-state index contributed by atoms with van der Waals surface area (Å²) < 4.78 is 0. The average Bonchev–Trinajstić information content (AvgIpc) is 3.38. The molecule has 0 bridgehead atoms. The molecule has 10 rings (SSSR count). The molecular formula is C66H74B3N3O3. The first kappa shape index (κ1) is 52.0. The molecular weight excluding hydrogens is 915 g/mol. The van der Waals surface area contributed by atoms with Crippen molar-refractivity contribution in [3.05, 3.63) is 147 Å².